The van der Waals surface area contributed by atoms with E-state index in [-0.39, 0.29) is 5.91 Å². The molecule has 0 aromatic carbocycles. The first kappa shape index (κ1) is 18.3. The minimum atomic E-state index is 0.0166. The molecule has 0 N–H and O–H groups in total. The van der Waals surface area contributed by atoms with Gasteiger partial charge in [-0.2, -0.15) is 0 Å². The maximum absolute atomic E-state index is 12.5. The summed E-state index contributed by atoms with van der Waals surface area (Å²) in [6, 6.07) is 7.42. The molecule has 28 heavy (non-hydrogen) atoms. The molecule has 7 nitrogen and oxygen atoms in total. The number of piperidine rings is 1. The van der Waals surface area contributed by atoms with E-state index in [1.165, 1.54) is 0 Å². The summed E-state index contributed by atoms with van der Waals surface area (Å²) in [5.41, 5.74) is 2.33. The molecule has 0 bridgehead atoms. The van der Waals surface area contributed by atoms with Gasteiger partial charge in [-0.15, -0.1) is 0 Å². The van der Waals surface area contributed by atoms with Crippen molar-refractivity contribution in [2.75, 3.05) is 13.1 Å². The van der Waals surface area contributed by atoms with Gasteiger partial charge < -0.3 is 9.47 Å². The van der Waals surface area contributed by atoms with Crippen molar-refractivity contribution in [1.82, 2.24) is 29.4 Å². The lowest BCUT2D eigenvalue weighted by Gasteiger charge is -2.31. The van der Waals surface area contributed by atoms with Gasteiger partial charge in [-0.25, -0.2) is 15.0 Å². The van der Waals surface area contributed by atoms with Gasteiger partial charge in [0.1, 0.15) is 17.2 Å². The van der Waals surface area contributed by atoms with Gasteiger partial charge in [0.05, 0.1) is 0 Å². The second kappa shape index (κ2) is 7.88. The third-order valence-electron chi connectivity index (χ3n) is 5.21. The summed E-state index contributed by atoms with van der Waals surface area (Å²) in [5, 5.41) is 0. The van der Waals surface area contributed by atoms with Crippen LogP contribution in [0.1, 0.15) is 34.8 Å². The molecule has 1 saturated heterocycles. The molecule has 3 aromatic rings. The van der Waals surface area contributed by atoms with E-state index < -0.39 is 0 Å². The Labute approximate surface area is 164 Å². The molecule has 0 spiro atoms. The summed E-state index contributed by atoms with van der Waals surface area (Å²) in [4.78, 5) is 32.4. The molecule has 144 valence electrons. The molecule has 0 unspecified atom stereocenters. The fraction of sp³-hybridized carbons (Fsp3) is 0.381. The summed E-state index contributed by atoms with van der Waals surface area (Å²) in [6.45, 7) is 3.49. The summed E-state index contributed by atoms with van der Waals surface area (Å²) in [5.74, 6) is 2.20. The molecule has 1 aliphatic rings. The van der Waals surface area contributed by atoms with Crippen LogP contribution in [0.25, 0.3) is 11.5 Å². The van der Waals surface area contributed by atoms with E-state index in [0.29, 0.717) is 11.6 Å². The molecular weight excluding hydrogens is 352 g/mol. The average molecular weight is 376 g/mol. The molecule has 0 aliphatic carbocycles. The number of pyridine rings is 1. The highest BCUT2D eigenvalue weighted by Gasteiger charge is 2.25. The number of carbonyl (C=O) groups is 1. The molecule has 4 heterocycles. The lowest BCUT2D eigenvalue weighted by Crippen LogP contribution is -2.39. The number of aryl methyl sites for hydroxylation is 2. The first-order valence-corrected chi connectivity index (χ1v) is 9.62. The van der Waals surface area contributed by atoms with Crippen LogP contribution < -0.4 is 0 Å². The van der Waals surface area contributed by atoms with E-state index in [1.54, 1.807) is 18.5 Å². The first-order chi connectivity index (χ1) is 13.6. The third kappa shape index (κ3) is 3.93. The molecule has 3 aromatic heterocycles. The number of amides is 1. The Kier molecular flexibility index (Phi) is 5.14. The lowest BCUT2D eigenvalue weighted by molar-refractivity contribution is 0.0684. The maximum atomic E-state index is 12.5. The number of hydrogen-bond acceptors (Lipinski definition) is 5. The van der Waals surface area contributed by atoms with Gasteiger partial charge in [0.2, 0.25) is 0 Å². The molecule has 1 aliphatic heterocycles. The summed E-state index contributed by atoms with van der Waals surface area (Å²) in [7, 11) is 1.97. The van der Waals surface area contributed by atoms with Crippen molar-refractivity contribution in [3.8, 4) is 11.5 Å². The van der Waals surface area contributed by atoms with Crippen LogP contribution in [0.5, 0.6) is 0 Å². The predicted octanol–water partition coefficient (Wildman–Crippen LogP) is 2.68. The van der Waals surface area contributed by atoms with E-state index in [4.69, 9.17) is 4.98 Å². The van der Waals surface area contributed by atoms with Gasteiger partial charge in [0.25, 0.3) is 5.91 Å². The minimum absolute atomic E-state index is 0.0166. The van der Waals surface area contributed by atoms with Crippen LogP contribution in [0.4, 0.5) is 0 Å². The summed E-state index contributed by atoms with van der Waals surface area (Å²) >= 11 is 0. The smallest absolute Gasteiger partial charge is 0.272 e. The molecule has 7 heteroatoms. The number of nitrogens with zero attached hydrogens (tertiary/aromatic N) is 6. The zero-order valence-corrected chi connectivity index (χ0v) is 16.2. The third-order valence-corrected chi connectivity index (χ3v) is 5.21. The number of aromatic nitrogens is 5. The number of imidazole rings is 1. The van der Waals surface area contributed by atoms with Gasteiger partial charge in [-0.1, -0.05) is 6.07 Å². The molecule has 0 radical (unpaired) electrons. The fourth-order valence-electron chi connectivity index (χ4n) is 3.70. The average Bonchev–Trinajstić information content (AvgIpc) is 3.14. The van der Waals surface area contributed by atoms with Crippen LogP contribution in [-0.4, -0.2) is 48.4 Å². The summed E-state index contributed by atoms with van der Waals surface area (Å²) in [6.07, 6.45) is 8.09. The molecule has 0 saturated carbocycles. The highest BCUT2D eigenvalue weighted by Crippen LogP contribution is 2.23. The zero-order chi connectivity index (χ0) is 19.5. The van der Waals surface area contributed by atoms with Crippen LogP contribution in [-0.2, 0) is 13.5 Å². The van der Waals surface area contributed by atoms with Crippen molar-refractivity contribution in [2.24, 2.45) is 13.0 Å². The van der Waals surface area contributed by atoms with E-state index in [2.05, 4.69) is 15.0 Å². The van der Waals surface area contributed by atoms with Crippen LogP contribution in [0, 0.1) is 12.8 Å². The van der Waals surface area contributed by atoms with Crippen molar-refractivity contribution in [3.63, 3.8) is 0 Å². The number of likely N-dealkylation sites (tertiary alicyclic amines) is 1. The van der Waals surface area contributed by atoms with Gasteiger partial charge in [-0.05, 0) is 43.9 Å². The lowest BCUT2D eigenvalue weighted by atomic mass is 9.93. The Morgan fingerprint density at radius 3 is 2.64 bits per heavy atom. The van der Waals surface area contributed by atoms with Crippen molar-refractivity contribution in [3.05, 3.63) is 60.1 Å². The highest BCUT2D eigenvalue weighted by atomic mass is 16.2. The standard InChI is InChI=1S/C21H24N6O/c1-15-13-18(20-23-9-12-26(20)2)25-19(24-15)14-16-6-10-27(11-7-16)21(28)17-5-3-4-8-22-17/h3-5,8-9,12-13,16H,6-7,10-11,14H2,1-2H3. The first-order valence-electron chi connectivity index (χ1n) is 9.62. The number of carbonyl (C=O) groups excluding carboxylic acids is 1. The molecule has 0 atom stereocenters. The van der Waals surface area contributed by atoms with E-state index in [9.17, 15) is 4.79 Å². The molecule has 4 rings (SSSR count). The van der Waals surface area contributed by atoms with Crippen LogP contribution >= 0.6 is 0 Å². The highest BCUT2D eigenvalue weighted by molar-refractivity contribution is 5.92. The molecular formula is C21H24N6O. The van der Waals surface area contributed by atoms with Gasteiger partial charge in [0, 0.05) is 50.8 Å². The van der Waals surface area contributed by atoms with Crippen molar-refractivity contribution in [2.45, 2.75) is 26.2 Å². The zero-order valence-electron chi connectivity index (χ0n) is 16.2. The largest absolute Gasteiger partial charge is 0.337 e. The predicted molar refractivity (Wildman–Crippen MR) is 106 cm³/mol. The second-order valence-corrected chi connectivity index (χ2v) is 7.33. The SMILES string of the molecule is Cc1cc(-c2nccn2C)nc(CC2CCN(C(=O)c3ccccn3)CC2)n1. The number of hydrogen-bond donors (Lipinski definition) is 0. The second-order valence-electron chi connectivity index (χ2n) is 7.33. The minimum Gasteiger partial charge on any atom is -0.337 e. The van der Waals surface area contributed by atoms with Crippen LogP contribution in [0.2, 0.25) is 0 Å². The van der Waals surface area contributed by atoms with Crippen molar-refractivity contribution < 1.29 is 4.79 Å². The Morgan fingerprint density at radius 2 is 1.96 bits per heavy atom. The quantitative estimate of drug-likeness (QED) is 0.700. The van der Waals surface area contributed by atoms with Gasteiger partial charge in [-0.3, -0.25) is 9.78 Å². The van der Waals surface area contributed by atoms with Crippen LogP contribution in [0.3, 0.4) is 0 Å². The van der Waals surface area contributed by atoms with Crippen molar-refractivity contribution >= 4 is 5.91 Å². The molecule has 1 amide bonds. The monoisotopic (exact) mass is 376 g/mol. The van der Waals surface area contributed by atoms with Crippen LogP contribution in [0.15, 0.2) is 42.9 Å². The number of rotatable bonds is 4. The topological polar surface area (TPSA) is 76.8 Å². The Bertz CT molecular complexity index is 960. The van der Waals surface area contributed by atoms with E-state index >= 15 is 0 Å². The van der Waals surface area contributed by atoms with Gasteiger partial charge in [0.15, 0.2) is 5.82 Å². The van der Waals surface area contributed by atoms with Crippen molar-refractivity contribution in [1.29, 1.82) is 0 Å². The Hall–Kier alpha value is -3.09. The Morgan fingerprint density at radius 1 is 1.14 bits per heavy atom. The summed E-state index contributed by atoms with van der Waals surface area (Å²) < 4.78 is 1.97. The normalized spacial score (nSPS) is 15.0. The Balaban J connectivity index is 1.41. The van der Waals surface area contributed by atoms with Gasteiger partial charge >= 0.3 is 0 Å². The maximum Gasteiger partial charge on any atom is 0.272 e. The van der Waals surface area contributed by atoms with E-state index in [0.717, 1.165) is 55.4 Å². The molecule has 1 fully saturated rings. The fourth-order valence-corrected chi connectivity index (χ4v) is 3.70. The van der Waals surface area contributed by atoms with E-state index in [1.807, 2.05) is 47.8 Å².